The zero-order chi connectivity index (χ0) is 13.7. The third-order valence-corrected chi connectivity index (χ3v) is 2.50. The number of aryl methyl sites for hydroxylation is 1. The van der Waals surface area contributed by atoms with Gasteiger partial charge in [-0.05, 0) is 38.1 Å². The zero-order valence-electron chi connectivity index (χ0n) is 11.0. The van der Waals surface area contributed by atoms with Crippen LogP contribution in [-0.4, -0.2) is 22.4 Å². The van der Waals surface area contributed by atoms with E-state index >= 15 is 0 Å². The van der Waals surface area contributed by atoms with Crippen molar-refractivity contribution < 1.29 is 4.79 Å². The second kappa shape index (κ2) is 5.95. The number of nitrogens with zero attached hydrogens (tertiary/aromatic N) is 2. The molecule has 2 aromatic rings. The predicted molar refractivity (Wildman–Crippen MR) is 75.3 cm³/mol. The number of hydrogen-bond donors (Lipinski definition) is 2. The van der Waals surface area contributed by atoms with Crippen LogP contribution in [0.5, 0.6) is 0 Å². The van der Waals surface area contributed by atoms with E-state index in [0.717, 1.165) is 17.9 Å². The first-order valence-electron chi connectivity index (χ1n) is 6.14. The summed E-state index contributed by atoms with van der Waals surface area (Å²) < 4.78 is 0. The minimum atomic E-state index is -0.266. The lowest BCUT2D eigenvalue weighted by molar-refractivity contribution is 0.102. The molecule has 2 N–H and O–H groups in total. The Bertz CT molecular complexity index is 583. The number of carbonyl (C=O) groups excluding carboxylic acids is 1. The van der Waals surface area contributed by atoms with Gasteiger partial charge in [0.1, 0.15) is 11.5 Å². The molecule has 2 heterocycles. The number of rotatable bonds is 4. The molecule has 0 radical (unpaired) electrons. The maximum absolute atomic E-state index is 12.0. The lowest BCUT2D eigenvalue weighted by Gasteiger charge is -2.07. The van der Waals surface area contributed by atoms with Crippen LogP contribution in [0, 0.1) is 6.92 Å². The zero-order valence-corrected chi connectivity index (χ0v) is 11.0. The second-order valence-corrected chi connectivity index (χ2v) is 4.08. The molecule has 1 amide bonds. The van der Waals surface area contributed by atoms with Gasteiger partial charge in [0.05, 0.1) is 0 Å². The van der Waals surface area contributed by atoms with E-state index in [1.807, 2.05) is 32.0 Å². The molecular formula is C14H16N4O. The Morgan fingerprint density at radius 1 is 1.32 bits per heavy atom. The van der Waals surface area contributed by atoms with Gasteiger partial charge in [0.2, 0.25) is 0 Å². The SMILES string of the molecule is CCNc1ccnc(C(=O)Nc2cccc(C)n2)c1. The third kappa shape index (κ3) is 3.51. The number of carbonyl (C=O) groups is 1. The molecule has 0 atom stereocenters. The second-order valence-electron chi connectivity index (χ2n) is 4.08. The molecule has 19 heavy (non-hydrogen) atoms. The van der Waals surface area contributed by atoms with Crippen molar-refractivity contribution in [3.05, 3.63) is 47.9 Å². The topological polar surface area (TPSA) is 66.9 Å². The highest BCUT2D eigenvalue weighted by molar-refractivity contribution is 6.02. The van der Waals surface area contributed by atoms with Gasteiger partial charge in [-0.3, -0.25) is 9.78 Å². The molecule has 0 aliphatic rings. The van der Waals surface area contributed by atoms with E-state index in [2.05, 4.69) is 20.6 Å². The van der Waals surface area contributed by atoms with Crippen LogP contribution in [0.4, 0.5) is 11.5 Å². The van der Waals surface area contributed by atoms with Crippen molar-refractivity contribution >= 4 is 17.4 Å². The van der Waals surface area contributed by atoms with Crippen molar-refractivity contribution in [2.45, 2.75) is 13.8 Å². The van der Waals surface area contributed by atoms with Crippen molar-refractivity contribution in [2.24, 2.45) is 0 Å². The Labute approximate surface area is 112 Å². The maximum Gasteiger partial charge on any atom is 0.275 e. The molecule has 0 aromatic carbocycles. The summed E-state index contributed by atoms with van der Waals surface area (Å²) in [7, 11) is 0. The minimum Gasteiger partial charge on any atom is -0.385 e. The smallest absolute Gasteiger partial charge is 0.275 e. The highest BCUT2D eigenvalue weighted by Gasteiger charge is 2.08. The van der Waals surface area contributed by atoms with Crippen molar-refractivity contribution in [3.63, 3.8) is 0 Å². The summed E-state index contributed by atoms with van der Waals surface area (Å²) in [5.41, 5.74) is 2.09. The van der Waals surface area contributed by atoms with Crippen LogP contribution in [0.1, 0.15) is 23.1 Å². The summed E-state index contributed by atoms with van der Waals surface area (Å²) in [6, 6.07) is 9.01. The van der Waals surface area contributed by atoms with Gasteiger partial charge in [-0.1, -0.05) is 6.07 Å². The lowest BCUT2D eigenvalue weighted by atomic mass is 10.3. The van der Waals surface area contributed by atoms with Gasteiger partial charge in [-0.25, -0.2) is 4.98 Å². The molecule has 0 aliphatic carbocycles. The van der Waals surface area contributed by atoms with Crippen molar-refractivity contribution in [2.75, 3.05) is 17.2 Å². The van der Waals surface area contributed by atoms with Gasteiger partial charge in [0, 0.05) is 24.1 Å². The van der Waals surface area contributed by atoms with Gasteiger partial charge >= 0.3 is 0 Å². The van der Waals surface area contributed by atoms with Crippen LogP contribution >= 0.6 is 0 Å². The molecule has 0 aliphatic heterocycles. The molecule has 5 heteroatoms. The average molecular weight is 256 g/mol. The van der Waals surface area contributed by atoms with Gasteiger partial charge in [0.15, 0.2) is 0 Å². The number of anilines is 2. The van der Waals surface area contributed by atoms with Gasteiger partial charge < -0.3 is 10.6 Å². The van der Waals surface area contributed by atoms with Gasteiger partial charge in [-0.2, -0.15) is 0 Å². The van der Waals surface area contributed by atoms with E-state index in [1.165, 1.54) is 0 Å². The van der Waals surface area contributed by atoms with E-state index < -0.39 is 0 Å². The van der Waals surface area contributed by atoms with Crippen molar-refractivity contribution in [3.8, 4) is 0 Å². The first kappa shape index (κ1) is 13.0. The highest BCUT2D eigenvalue weighted by Crippen LogP contribution is 2.10. The molecule has 2 aromatic heterocycles. The third-order valence-electron chi connectivity index (χ3n) is 2.50. The number of amides is 1. The van der Waals surface area contributed by atoms with Crippen molar-refractivity contribution in [1.82, 2.24) is 9.97 Å². The summed E-state index contributed by atoms with van der Waals surface area (Å²) in [6.07, 6.45) is 1.61. The van der Waals surface area contributed by atoms with Crippen LogP contribution < -0.4 is 10.6 Å². The minimum absolute atomic E-state index is 0.266. The molecule has 0 unspecified atom stereocenters. The van der Waals surface area contributed by atoms with Crippen LogP contribution in [0.25, 0.3) is 0 Å². The molecule has 5 nitrogen and oxygen atoms in total. The van der Waals surface area contributed by atoms with Crippen LogP contribution in [0.15, 0.2) is 36.5 Å². The molecule has 98 valence electrons. The summed E-state index contributed by atoms with van der Waals surface area (Å²) in [6.45, 7) is 4.67. The molecule has 2 rings (SSSR count). The first-order valence-corrected chi connectivity index (χ1v) is 6.14. The largest absolute Gasteiger partial charge is 0.385 e. The Morgan fingerprint density at radius 2 is 2.16 bits per heavy atom. The van der Waals surface area contributed by atoms with Crippen molar-refractivity contribution in [1.29, 1.82) is 0 Å². The number of aromatic nitrogens is 2. The normalized spacial score (nSPS) is 10.0. The number of hydrogen-bond acceptors (Lipinski definition) is 4. The van der Waals surface area contributed by atoms with E-state index in [4.69, 9.17) is 0 Å². The Hall–Kier alpha value is -2.43. The summed E-state index contributed by atoms with van der Waals surface area (Å²) in [5.74, 6) is 0.263. The molecule has 0 saturated carbocycles. The molecule has 0 fully saturated rings. The maximum atomic E-state index is 12.0. The summed E-state index contributed by atoms with van der Waals surface area (Å²) in [4.78, 5) is 20.3. The van der Waals surface area contributed by atoms with Gasteiger partial charge in [0.25, 0.3) is 5.91 Å². The van der Waals surface area contributed by atoms with E-state index in [-0.39, 0.29) is 5.91 Å². The highest BCUT2D eigenvalue weighted by atomic mass is 16.1. The summed E-state index contributed by atoms with van der Waals surface area (Å²) >= 11 is 0. The Morgan fingerprint density at radius 3 is 2.89 bits per heavy atom. The van der Waals surface area contributed by atoms with Gasteiger partial charge in [-0.15, -0.1) is 0 Å². The lowest BCUT2D eigenvalue weighted by Crippen LogP contribution is -2.15. The van der Waals surface area contributed by atoms with E-state index in [1.54, 1.807) is 18.3 Å². The van der Waals surface area contributed by atoms with Crippen LogP contribution in [0.3, 0.4) is 0 Å². The number of pyridine rings is 2. The average Bonchev–Trinajstić information content (AvgIpc) is 2.39. The molecular weight excluding hydrogens is 240 g/mol. The molecule has 0 saturated heterocycles. The van der Waals surface area contributed by atoms with E-state index in [0.29, 0.717) is 11.5 Å². The predicted octanol–water partition coefficient (Wildman–Crippen LogP) is 2.47. The van der Waals surface area contributed by atoms with Crippen LogP contribution in [0.2, 0.25) is 0 Å². The van der Waals surface area contributed by atoms with E-state index in [9.17, 15) is 4.79 Å². The van der Waals surface area contributed by atoms with Crippen LogP contribution in [-0.2, 0) is 0 Å². The Balaban J connectivity index is 2.13. The molecule has 0 bridgehead atoms. The quantitative estimate of drug-likeness (QED) is 0.881. The molecule has 0 spiro atoms. The summed E-state index contributed by atoms with van der Waals surface area (Å²) in [5, 5.41) is 5.87. The fourth-order valence-electron chi connectivity index (χ4n) is 1.66. The monoisotopic (exact) mass is 256 g/mol. The fourth-order valence-corrected chi connectivity index (χ4v) is 1.66. The standard InChI is InChI=1S/C14H16N4O/c1-3-15-11-7-8-16-12(9-11)14(19)18-13-6-4-5-10(2)17-13/h4-9H,3H2,1-2H3,(H,15,16)(H,17,18,19). The Kier molecular flexibility index (Phi) is 4.07. The fraction of sp³-hybridized carbons (Fsp3) is 0.214. The first-order chi connectivity index (χ1) is 9.19. The number of nitrogens with one attached hydrogen (secondary N) is 2.